The zero-order valence-corrected chi connectivity index (χ0v) is 22.4. The van der Waals surface area contributed by atoms with E-state index in [0.29, 0.717) is 41.4 Å². The molecule has 4 amide bonds. The van der Waals surface area contributed by atoms with Gasteiger partial charge in [0.15, 0.2) is 0 Å². The minimum Gasteiger partial charge on any atom is -0.338 e. The lowest BCUT2D eigenvalue weighted by Crippen LogP contribution is -2.39. The average Bonchev–Trinajstić information content (AvgIpc) is 3.61. The lowest BCUT2D eigenvalue weighted by molar-refractivity contribution is 0.221. The van der Waals surface area contributed by atoms with Gasteiger partial charge in [-0.2, -0.15) is 0 Å². The highest BCUT2D eigenvalue weighted by Gasteiger charge is 2.38. The van der Waals surface area contributed by atoms with Crippen LogP contribution >= 0.6 is 0 Å². The van der Waals surface area contributed by atoms with Gasteiger partial charge >= 0.3 is 12.1 Å². The van der Waals surface area contributed by atoms with E-state index in [1.54, 1.807) is 19.2 Å². The lowest BCUT2D eigenvalue weighted by atomic mass is 9.98. The van der Waals surface area contributed by atoms with E-state index in [1.165, 1.54) is 19.9 Å². The highest BCUT2D eigenvalue weighted by atomic mass is 32.2. The third-order valence-electron chi connectivity index (χ3n) is 6.53. The van der Waals surface area contributed by atoms with Crippen molar-refractivity contribution in [1.82, 2.24) is 31.0 Å². The van der Waals surface area contributed by atoms with Crippen molar-refractivity contribution in [3.8, 4) is 0 Å². The number of carbonyl (C=O) groups excluding carboxylic acids is 2. The Kier molecular flexibility index (Phi) is 7.61. The largest absolute Gasteiger partial charge is 0.338 e. The first-order chi connectivity index (χ1) is 17.4. The number of fused-ring (bicyclic) bond motifs is 3. The van der Waals surface area contributed by atoms with Crippen LogP contribution in [-0.4, -0.2) is 50.8 Å². The molecule has 10 nitrogen and oxygen atoms in total. The normalized spacial score (nSPS) is 19.4. The highest BCUT2D eigenvalue weighted by molar-refractivity contribution is 7.89. The molecule has 2 aliphatic carbocycles. The standard InChI is InChI=1S/C25H35FN6O4S/c1-5-27-23(33)31-19-11-20(32-24(34)28-6-2)22-16(19)10-21(37(35,36)30-13-25(3,4)26)15-9-18(14-7-8-14)29-12-17(15)22/h9-10,12,14,19-20,30H,5-8,11,13H2,1-4H3,(H2,27,31,33)(H2,28,32,34)/t19-,20-/m1/s1. The van der Waals surface area contributed by atoms with Crippen molar-refractivity contribution in [3.63, 3.8) is 0 Å². The van der Waals surface area contributed by atoms with Crippen molar-refractivity contribution < 1.29 is 22.4 Å². The van der Waals surface area contributed by atoms with Gasteiger partial charge in [0, 0.05) is 48.2 Å². The molecule has 2 aromatic rings. The van der Waals surface area contributed by atoms with Crippen LogP contribution in [-0.2, 0) is 10.0 Å². The molecule has 1 saturated carbocycles. The summed E-state index contributed by atoms with van der Waals surface area (Å²) in [5.74, 6) is 0.280. The van der Waals surface area contributed by atoms with Crippen LogP contribution in [0.15, 0.2) is 23.2 Å². The van der Waals surface area contributed by atoms with Crippen molar-refractivity contribution in [2.45, 2.75) is 75.5 Å². The summed E-state index contributed by atoms with van der Waals surface area (Å²) in [6.07, 6.45) is 3.96. The molecule has 0 spiro atoms. The molecule has 1 aromatic heterocycles. The summed E-state index contributed by atoms with van der Waals surface area (Å²) in [6, 6.07) is 1.51. The zero-order chi connectivity index (χ0) is 27.0. The molecule has 0 radical (unpaired) electrons. The number of sulfonamides is 1. The maximum absolute atomic E-state index is 14.2. The van der Waals surface area contributed by atoms with Crippen molar-refractivity contribution in [2.24, 2.45) is 0 Å². The number of hydrogen-bond acceptors (Lipinski definition) is 5. The van der Waals surface area contributed by atoms with Gasteiger partial charge in [0.05, 0.1) is 17.0 Å². The number of amides is 4. The minimum absolute atomic E-state index is 0.00356. The van der Waals surface area contributed by atoms with Crippen LogP contribution in [0.4, 0.5) is 14.0 Å². The second kappa shape index (κ2) is 10.4. The molecular weight excluding hydrogens is 499 g/mol. The number of nitrogens with one attached hydrogen (secondary N) is 5. The molecule has 0 bridgehead atoms. The summed E-state index contributed by atoms with van der Waals surface area (Å²) in [5, 5.41) is 12.3. The fourth-order valence-corrected chi connectivity index (χ4v) is 6.11. The van der Waals surface area contributed by atoms with Gasteiger partial charge in [-0.25, -0.2) is 27.1 Å². The summed E-state index contributed by atoms with van der Waals surface area (Å²) in [7, 11) is -4.12. The van der Waals surface area contributed by atoms with E-state index in [4.69, 9.17) is 0 Å². The Labute approximate surface area is 216 Å². The van der Waals surface area contributed by atoms with Crippen LogP contribution in [0, 0.1) is 0 Å². The topological polar surface area (TPSA) is 141 Å². The van der Waals surface area contributed by atoms with E-state index in [0.717, 1.165) is 18.5 Å². The first kappa shape index (κ1) is 27.1. The summed E-state index contributed by atoms with van der Waals surface area (Å²) >= 11 is 0. The molecule has 1 aromatic carbocycles. The second-order valence-electron chi connectivity index (χ2n) is 10.2. The molecule has 2 aliphatic rings. The number of hydrogen-bond donors (Lipinski definition) is 5. The number of pyridine rings is 1. The maximum atomic E-state index is 14.2. The number of aromatic nitrogens is 1. The van der Waals surface area contributed by atoms with E-state index < -0.39 is 40.4 Å². The number of urea groups is 2. The van der Waals surface area contributed by atoms with E-state index in [1.807, 2.05) is 6.92 Å². The number of alkyl halides is 1. The van der Waals surface area contributed by atoms with Crippen molar-refractivity contribution in [1.29, 1.82) is 0 Å². The molecule has 0 saturated heterocycles. The van der Waals surface area contributed by atoms with Gasteiger partial charge in [-0.1, -0.05) is 0 Å². The molecule has 5 N–H and O–H groups in total. The molecule has 2 atom stereocenters. The molecular formula is C25H35FN6O4S. The number of rotatable bonds is 9. The number of carbonyl (C=O) groups is 2. The van der Waals surface area contributed by atoms with Gasteiger partial charge < -0.3 is 21.3 Å². The fourth-order valence-electron chi connectivity index (χ4n) is 4.68. The summed E-state index contributed by atoms with van der Waals surface area (Å²) in [6.45, 7) is 6.66. The average molecular weight is 535 g/mol. The van der Waals surface area contributed by atoms with Gasteiger partial charge in [-0.15, -0.1) is 0 Å². The molecule has 1 heterocycles. The van der Waals surface area contributed by atoms with Crippen molar-refractivity contribution >= 4 is 32.9 Å². The lowest BCUT2D eigenvalue weighted by Gasteiger charge is -2.20. The Bertz CT molecular complexity index is 1310. The Morgan fingerprint density at radius 1 is 1.03 bits per heavy atom. The predicted octanol–water partition coefficient (Wildman–Crippen LogP) is 3.26. The highest BCUT2D eigenvalue weighted by Crippen LogP contribution is 2.46. The van der Waals surface area contributed by atoms with E-state index in [2.05, 4.69) is 31.0 Å². The van der Waals surface area contributed by atoms with E-state index in [-0.39, 0.29) is 16.8 Å². The van der Waals surface area contributed by atoms with Gasteiger partial charge in [0.25, 0.3) is 0 Å². The predicted molar refractivity (Wildman–Crippen MR) is 139 cm³/mol. The van der Waals surface area contributed by atoms with Crippen LogP contribution in [0.2, 0.25) is 0 Å². The molecule has 12 heteroatoms. The third-order valence-corrected chi connectivity index (χ3v) is 7.97. The Morgan fingerprint density at radius 3 is 2.22 bits per heavy atom. The Balaban J connectivity index is 1.88. The van der Waals surface area contributed by atoms with Gasteiger partial charge in [0.2, 0.25) is 10.0 Å². The first-order valence-electron chi connectivity index (χ1n) is 12.7. The van der Waals surface area contributed by atoms with Gasteiger partial charge in [-0.3, -0.25) is 4.98 Å². The number of benzene rings is 1. The molecule has 0 aliphatic heterocycles. The molecule has 4 rings (SSSR count). The molecule has 202 valence electrons. The SMILES string of the molecule is CCNC(=O)N[C@@H]1C[C@@H](NC(=O)NCC)c2c1cc(S(=O)(=O)NCC(C)(C)F)c1cc(C3CC3)ncc21. The van der Waals surface area contributed by atoms with Crippen molar-refractivity contribution in [3.05, 3.63) is 35.2 Å². The first-order valence-corrected chi connectivity index (χ1v) is 14.2. The van der Waals surface area contributed by atoms with Crippen LogP contribution in [0.25, 0.3) is 10.8 Å². The Hall–Kier alpha value is -2.99. The second-order valence-corrected chi connectivity index (χ2v) is 11.9. The Morgan fingerprint density at radius 2 is 1.65 bits per heavy atom. The zero-order valence-electron chi connectivity index (χ0n) is 21.6. The summed E-state index contributed by atoms with van der Waals surface area (Å²) in [4.78, 5) is 29.5. The summed E-state index contributed by atoms with van der Waals surface area (Å²) in [5.41, 5.74) is 0.339. The van der Waals surface area contributed by atoms with E-state index >= 15 is 0 Å². The number of halogens is 1. The van der Waals surface area contributed by atoms with Crippen LogP contribution < -0.4 is 26.0 Å². The number of nitrogens with zero attached hydrogens (tertiary/aromatic N) is 1. The maximum Gasteiger partial charge on any atom is 0.315 e. The smallest absolute Gasteiger partial charge is 0.315 e. The third kappa shape index (κ3) is 6.12. The van der Waals surface area contributed by atoms with Crippen LogP contribution in [0.1, 0.15) is 81.8 Å². The van der Waals surface area contributed by atoms with E-state index in [9.17, 15) is 22.4 Å². The molecule has 37 heavy (non-hydrogen) atoms. The monoisotopic (exact) mass is 534 g/mol. The van der Waals surface area contributed by atoms with Gasteiger partial charge in [-0.05, 0) is 70.2 Å². The minimum atomic E-state index is -4.12. The quantitative estimate of drug-likeness (QED) is 0.336. The molecule has 0 unspecified atom stereocenters. The van der Waals surface area contributed by atoms with Crippen LogP contribution in [0.3, 0.4) is 0 Å². The van der Waals surface area contributed by atoms with Crippen molar-refractivity contribution in [2.75, 3.05) is 19.6 Å². The molecule has 1 fully saturated rings. The van der Waals surface area contributed by atoms with Gasteiger partial charge in [0.1, 0.15) is 5.67 Å². The fraction of sp³-hybridized carbons (Fsp3) is 0.560. The van der Waals surface area contributed by atoms with Crippen LogP contribution in [0.5, 0.6) is 0 Å². The summed E-state index contributed by atoms with van der Waals surface area (Å²) < 4.78 is 43.6.